The van der Waals surface area contributed by atoms with Crippen molar-refractivity contribution in [2.24, 2.45) is 0 Å². The molecule has 0 aliphatic carbocycles. The number of furan rings is 1. The van der Waals surface area contributed by atoms with Gasteiger partial charge >= 0.3 is 0 Å². The van der Waals surface area contributed by atoms with Gasteiger partial charge in [-0.1, -0.05) is 0 Å². The molecular formula is C17H21NO4. The third-order valence-electron chi connectivity index (χ3n) is 4.27. The van der Waals surface area contributed by atoms with Crippen LogP contribution in [0.25, 0.3) is 11.0 Å². The number of fused-ring (bicyclic) bond motifs is 1. The molecule has 1 aliphatic heterocycles. The fraction of sp³-hybridized carbons (Fsp3) is 0.471. The predicted molar refractivity (Wildman–Crippen MR) is 83.2 cm³/mol. The Kier molecular flexibility index (Phi) is 4.18. The van der Waals surface area contributed by atoms with Crippen LogP contribution in [0.1, 0.15) is 28.1 Å². The largest absolute Gasteiger partial charge is 0.451 e. The van der Waals surface area contributed by atoms with Crippen molar-refractivity contribution in [1.82, 2.24) is 5.32 Å². The minimum Gasteiger partial charge on any atom is -0.451 e. The van der Waals surface area contributed by atoms with Crippen LogP contribution in [-0.2, 0) is 9.47 Å². The molecule has 3 rings (SSSR count). The average Bonchev–Trinajstić information content (AvgIpc) is 2.91. The molecule has 5 heteroatoms. The van der Waals surface area contributed by atoms with Gasteiger partial charge in [0.25, 0.3) is 5.91 Å². The van der Waals surface area contributed by atoms with Gasteiger partial charge in [0.1, 0.15) is 5.58 Å². The summed E-state index contributed by atoms with van der Waals surface area (Å²) in [5.41, 5.74) is 3.06. The molecule has 1 aromatic heterocycles. The van der Waals surface area contributed by atoms with Crippen molar-refractivity contribution >= 4 is 16.9 Å². The van der Waals surface area contributed by atoms with E-state index in [1.165, 1.54) is 5.56 Å². The lowest BCUT2D eigenvalue weighted by atomic mass is 10.1. The van der Waals surface area contributed by atoms with Crippen molar-refractivity contribution in [2.75, 3.05) is 20.3 Å². The van der Waals surface area contributed by atoms with E-state index in [0.717, 1.165) is 23.0 Å². The predicted octanol–water partition coefficient (Wildman–Crippen LogP) is 2.58. The SMILES string of the molecule is CO[C@@H]1CCOC[C@H]1NC(=O)c1cc2cc(C)c(C)cc2o1. The molecule has 1 saturated heterocycles. The van der Waals surface area contributed by atoms with Gasteiger partial charge in [-0.2, -0.15) is 0 Å². The summed E-state index contributed by atoms with van der Waals surface area (Å²) in [6.45, 7) is 5.19. The Morgan fingerprint density at radius 2 is 2.05 bits per heavy atom. The van der Waals surface area contributed by atoms with Crippen molar-refractivity contribution in [2.45, 2.75) is 32.4 Å². The first-order valence-electron chi connectivity index (χ1n) is 7.50. The van der Waals surface area contributed by atoms with Gasteiger partial charge in [-0.15, -0.1) is 0 Å². The zero-order valence-corrected chi connectivity index (χ0v) is 13.1. The van der Waals surface area contributed by atoms with Crippen LogP contribution in [0, 0.1) is 13.8 Å². The highest BCUT2D eigenvalue weighted by molar-refractivity contribution is 5.96. The monoisotopic (exact) mass is 303 g/mol. The quantitative estimate of drug-likeness (QED) is 0.946. The smallest absolute Gasteiger partial charge is 0.287 e. The number of methoxy groups -OCH3 is 1. The Balaban J connectivity index is 1.79. The molecule has 2 heterocycles. The molecule has 1 aliphatic rings. The number of ether oxygens (including phenoxy) is 2. The average molecular weight is 303 g/mol. The second kappa shape index (κ2) is 6.10. The van der Waals surface area contributed by atoms with Crippen molar-refractivity contribution in [3.63, 3.8) is 0 Å². The first-order valence-corrected chi connectivity index (χ1v) is 7.50. The molecule has 0 unspecified atom stereocenters. The maximum atomic E-state index is 12.4. The van der Waals surface area contributed by atoms with Crippen molar-refractivity contribution < 1.29 is 18.7 Å². The lowest BCUT2D eigenvalue weighted by Crippen LogP contribution is -2.50. The number of benzene rings is 1. The van der Waals surface area contributed by atoms with E-state index in [-0.39, 0.29) is 18.1 Å². The summed E-state index contributed by atoms with van der Waals surface area (Å²) in [7, 11) is 1.65. The maximum absolute atomic E-state index is 12.4. The molecule has 1 fully saturated rings. The Morgan fingerprint density at radius 3 is 2.82 bits per heavy atom. The summed E-state index contributed by atoms with van der Waals surface area (Å²) in [4.78, 5) is 12.4. The number of hydrogen-bond donors (Lipinski definition) is 1. The minimum atomic E-state index is -0.232. The van der Waals surface area contributed by atoms with Crippen LogP contribution >= 0.6 is 0 Å². The van der Waals surface area contributed by atoms with Crippen molar-refractivity contribution in [1.29, 1.82) is 0 Å². The molecule has 118 valence electrons. The van der Waals surface area contributed by atoms with Crippen molar-refractivity contribution in [3.8, 4) is 0 Å². The summed E-state index contributed by atoms with van der Waals surface area (Å²) in [5, 5.41) is 3.88. The van der Waals surface area contributed by atoms with E-state index < -0.39 is 0 Å². The summed E-state index contributed by atoms with van der Waals surface area (Å²) in [5.74, 6) is 0.0875. The zero-order valence-electron chi connectivity index (χ0n) is 13.1. The molecule has 0 saturated carbocycles. The van der Waals surface area contributed by atoms with E-state index in [0.29, 0.717) is 19.0 Å². The zero-order chi connectivity index (χ0) is 15.7. The Hall–Kier alpha value is -1.85. The fourth-order valence-electron chi connectivity index (χ4n) is 2.79. The summed E-state index contributed by atoms with van der Waals surface area (Å²) >= 11 is 0. The van der Waals surface area contributed by atoms with Crippen LogP contribution in [0.5, 0.6) is 0 Å². The number of aryl methyl sites for hydroxylation is 2. The molecule has 22 heavy (non-hydrogen) atoms. The number of carbonyl (C=O) groups is 1. The Labute approximate surface area is 129 Å². The molecule has 0 radical (unpaired) electrons. The molecule has 0 spiro atoms. The molecule has 1 aromatic carbocycles. The van der Waals surface area contributed by atoms with E-state index in [9.17, 15) is 4.79 Å². The number of nitrogens with one attached hydrogen (secondary N) is 1. The lowest BCUT2D eigenvalue weighted by Gasteiger charge is -2.30. The highest BCUT2D eigenvalue weighted by Gasteiger charge is 2.28. The first-order chi connectivity index (χ1) is 10.6. The van der Waals surface area contributed by atoms with Crippen LogP contribution in [0.3, 0.4) is 0 Å². The van der Waals surface area contributed by atoms with Gasteiger partial charge in [-0.3, -0.25) is 4.79 Å². The molecule has 1 amide bonds. The van der Waals surface area contributed by atoms with E-state index in [1.54, 1.807) is 13.2 Å². The maximum Gasteiger partial charge on any atom is 0.287 e. The van der Waals surface area contributed by atoms with Gasteiger partial charge in [0.05, 0.1) is 18.8 Å². The summed E-state index contributed by atoms with van der Waals surface area (Å²) in [6.07, 6.45) is 0.756. The van der Waals surface area contributed by atoms with Crippen LogP contribution in [0.15, 0.2) is 22.6 Å². The second-order valence-electron chi connectivity index (χ2n) is 5.80. The van der Waals surface area contributed by atoms with E-state index in [1.807, 2.05) is 26.0 Å². The van der Waals surface area contributed by atoms with Gasteiger partial charge < -0.3 is 19.2 Å². The molecular weight excluding hydrogens is 282 g/mol. The lowest BCUT2D eigenvalue weighted by molar-refractivity contribution is -0.0351. The standard InChI is InChI=1S/C17H21NO4/c1-10-6-12-8-16(22-15(12)7-11(10)2)17(19)18-13-9-21-5-4-14(13)20-3/h6-8,13-14H,4-5,9H2,1-3H3,(H,18,19)/t13-,14-/m1/s1. The van der Waals surface area contributed by atoms with E-state index in [2.05, 4.69) is 5.32 Å². The summed E-state index contributed by atoms with van der Waals surface area (Å²) < 4.78 is 16.5. The highest BCUT2D eigenvalue weighted by atomic mass is 16.5. The van der Waals surface area contributed by atoms with Crippen LogP contribution < -0.4 is 5.32 Å². The minimum absolute atomic E-state index is 0.0217. The molecule has 0 bridgehead atoms. The second-order valence-corrected chi connectivity index (χ2v) is 5.80. The normalized spacial score (nSPS) is 22.0. The highest BCUT2D eigenvalue weighted by Crippen LogP contribution is 2.23. The third-order valence-corrected chi connectivity index (χ3v) is 4.27. The first kappa shape index (κ1) is 15.1. The van der Waals surface area contributed by atoms with Gasteiger partial charge in [0.2, 0.25) is 0 Å². The topological polar surface area (TPSA) is 60.7 Å². The third kappa shape index (κ3) is 2.87. The van der Waals surface area contributed by atoms with Gasteiger partial charge in [-0.25, -0.2) is 0 Å². The van der Waals surface area contributed by atoms with Gasteiger partial charge in [0.15, 0.2) is 5.76 Å². The number of amides is 1. The molecule has 2 aromatic rings. The van der Waals surface area contributed by atoms with E-state index in [4.69, 9.17) is 13.9 Å². The molecule has 2 atom stereocenters. The molecule has 1 N–H and O–H groups in total. The van der Waals surface area contributed by atoms with E-state index >= 15 is 0 Å². The van der Waals surface area contributed by atoms with Crippen LogP contribution in [-0.4, -0.2) is 38.4 Å². The molecule has 5 nitrogen and oxygen atoms in total. The number of rotatable bonds is 3. The Morgan fingerprint density at radius 1 is 1.27 bits per heavy atom. The van der Waals surface area contributed by atoms with Crippen LogP contribution in [0.4, 0.5) is 0 Å². The Bertz CT molecular complexity index is 652. The van der Waals surface area contributed by atoms with Crippen molar-refractivity contribution in [3.05, 3.63) is 35.1 Å². The number of hydrogen-bond acceptors (Lipinski definition) is 4. The van der Waals surface area contributed by atoms with Crippen LogP contribution in [0.2, 0.25) is 0 Å². The fourth-order valence-corrected chi connectivity index (χ4v) is 2.79. The summed E-state index contributed by atoms with van der Waals surface area (Å²) in [6, 6.07) is 5.63. The van der Waals surface area contributed by atoms with Gasteiger partial charge in [0, 0.05) is 19.1 Å². The van der Waals surface area contributed by atoms with Gasteiger partial charge in [-0.05, 0) is 49.6 Å². The number of carbonyl (C=O) groups excluding carboxylic acids is 1.